The third-order valence-corrected chi connectivity index (χ3v) is 6.56. The summed E-state index contributed by atoms with van der Waals surface area (Å²) >= 11 is 0. The Morgan fingerprint density at radius 1 is 0.833 bits per heavy atom. The predicted molar refractivity (Wildman–Crippen MR) is 81.4 cm³/mol. The zero-order valence-electron chi connectivity index (χ0n) is 10.4. The van der Waals surface area contributed by atoms with Gasteiger partial charge in [0.05, 0.1) is 16.8 Å². The minimum absolute atomic E-state index is 0.193. The average Bonchev–Trinajstić information content (AvgIpc) is 2.46. The molecule has 90 valence electrons. The fraction of sp³-hybridized carbons (Fsp3) is 0.200. The summed E-state index contributed by atoms with van der Waals surface area (Å²) in [5.74, 6) is 0. The van der Waals surface area contributed by atoms with Gasteiger partial charge in [-0.25, -0.2) is 0 Å². The van der Waals surface area contributed by atoms with Crippen LogP contribution in [0.3, 0.4) is 0 Å². The number of hydrogen-bond acceptors (Lipinski definition) is 1. The van der Waals surface area contributed by atoms with Crippen molar-refractivity contribution in [2.45, 2.75) is 6.42 Å². The molecule has 0 fully saturated rings. The molecule has 0 aliphatic heterocycles. The van der Waals surface area contributed by atoms with Gasteiger partial charge in [0.25, 0.3) is 0 Å². The first-order valence-electron chi connectivity index (χ1n) is 6.16. The normalized spacial score (nSPS) is 11.4. The molecule has 0 atom stereocenters. The molecule has 0 spiro atoms. The van der Waals surface area contributed by atoms with E-state index in [1.165, 1.54) is 10.6 Å². The van der Waals surface area contributed by atoms with Crippen molar-refractivity contribution >= 4 is 25.3 Å². The van der Waals surface area contributed by atoms with E-state index in [0.29, 0.717) is 0 Å². The van der Waals surface area contributed by atoms with E-state index in [-0.39, 0.29) is 6.61 Å². The zero-order chi connectivity index (χ0) is 12.8. The molecule has 0 saturated heterocycles. The molecular weight excluding hydrogens is 238 g/mol. The monoisotopic (exact) mass is 255 g/mol. The molecule has 0 aromatic heterocycles. The average molecular weight is 255 g/mol. The van der Waals surface area contributed by atoms with E-state index < -0.39 is 7.14 Å². The first-order chi connectivity index (χ1) is 8.77. The Morgan fingerprint density at radius 3 is 1.67 bits per heavy atom. The van der Waals surface area contributed by atoms with Gasteiger partial charge in [-0.1, -0.05) is 36.4 Å². The third-order valence-electron chi connectivity index (χ3n) is 3.10. The van der Waals surface area contributed by atoms with Crippen molar-refractivity contribution < 1.29 is 5.11 Å². The standard InChI is InChI=1S/C15H17BOP/c16-18(13-7-12-17,14-8-3-1-4-9-14)15-10-5-2-6-11-15/h1-6,8-11,17H,7,12-13H2/q+1. The Bertz CT molecular complexity index is 433. The van der Waals surface area contributed by atoms with E-state index in [1.807, 2.05) is 36.4 Å². The Kier molecular flexibility index (Phi) is 4.57. The lowest BCUT2D eigenvalue weighted by Crippen LogP contribution is -2.25. The highest BCUT2D eigenvalue weighted by molar-refractivity contribution is 8.08. The number of aliphatic hydroxyl groups is 1. The summed E-state index contributed by atoms with van der Waals surface area (Å²) in [6.07, 6.45) is 1.59. The SMILES string of the molecule is [B][P+](CCCO)(c1ccccc1)c1ccccc1. The molecule has 0 aliphatic carbocycles. The first-order valence-corrected chi connectivity index (χ1v) is 8.20. The minimum Gasteiger partial charge on any atom is -0.396 e. The van der Waals surface area contributed by atoms with Crippen molar-refractivity contribution in [1.29, 1.82) is 0 Å². The third kappa shape index (κ3) is 2.83. The lowest BCUT2D eigenvalue weighted by molar-refractivity contribution is 0.296. The van der Waals surface area contributed by atoms with E-state index >= 15 is 0 Å². The van der Waals surface area contributed by atoms with Crippen LogP contribution in [-0.2, 0) is 0 Å². The highest BCUT2D eigenvalue weighted by Crippen LogP contribution is 2.51. The van der Waals surface area contributed by atoms with Crippen LogP contribution < -0.4 is 10.6 Å². The van der Waals surface area contributed by atoms with Gasteiger partial charge in [-0.05, 0) is 24.3 Å². The molecule has 0 saturated carbocycles. The van der Waals surface area contributed by atoms with Crippen molar-refractivity contribution in [3.63, 3.8) is 0 Å². The summed E-state index contributed by atoms with van der Waals surface area (Å²) in [6, 6.07) is 20.5. The van der Waals surface area contributed by atoms with Gasteiger partial charge in [-0.3, -0.25) is 0 Å². The molecule has 0 amide bonds. The Balaban J connectivity index is 2.41. The summed E-state index contributed by atoms with van der Waals surface area (Å²) in [5, 5.41) is 11.5. The van der Waals surface area contributed by atoms with Crippen LogP contribution in [0.15, 0.2) is 60.7 Å². The van der Waals surface area contributed by atoms with Crippen LogP contribution in [0.5, 0.6) is 0 Å². The summed E-state index contributed by atoms with van der Waals surface area (Å²) in [6.45, 7) is 0.193. The summed E-state index contributed by atoms with van der Waals surface area (Å²) in [4.78, 5) is 0. The number of rotatable bonds is 5. The Hall–Kier alpha value is -1.11. The van der Waals surface area contributed by atoms with Crippen LogP contribution in [-0.4, -0.2) is 25.4 Å². The highest BCUT2D eigenvalue weighted by atomic mass is 31.2. The molecule has 2 radical (unpaired) electrons. The molecule has 0 aliphatic rings. The van der Waals surface area contributed by atoms with Gasteiger partial charge in [0, 0.05) is 20.2 Å². The molecule has 2 aromatic rings. The second-order valence-corrected chi connectivity index (χ2v) is 7.56. The summed E-state index contributed by atoms with van der Waals surface area (Å²) in [5.41, 5.74) is 0. The van der Waals surface area contributed by atoms with Gasteiger partial charge in [0.1, 0.15) is 0 Å². The molecule has 18 heavy (non-hydrogen) atoms. The van der Waals surface area contributed by atoms with E-state index in [2.05, 4.69) is 24.3 Å². The fourth-order valence-corrected chi connectivity index (χ4v) is 4.98. The van der Waals surface area contributed by atoms with Gasteiger partial charge in [-0.2, -0.15) is 0 Å². The smallest absolute Gasteiger partial charge is 0.377 e. The molecule has 0 unspecified atom stereocenters. The molecule has 2 aromatic carbocycles. The maximum Gasteiger partial charge on any atom is 0.377 e. The number of aliphatic hydroxyl groups excluding tert-OH is 1. The quantitative estimate of drug-likeness (QED) is 0.641. The predicted octanol–water partition coefficient (Wildman–Crippen LogP) is 2.12. The molecule has 3 heteroatoms. The van der Waals surface area contributed by atoms with Crippen LogP contribution in [0.25, 0.3) is 0 Å². The fourth-order valence-electron chi connectivity index (χ4n) is 2.12. The molecule has 0 heterocycles. The molecular formula is C15H17BOP+. The molecule has 2 rings (SSSR count). The first kappa shape index (κ1) is 13.3. The van der Waals surface area contributed by atoms with Crippen molar-refractivity contribution in [3.8, 4) is 0 Å². The van der Waals surface area contributed by atoms with Gasteiger partial charge in [0.15, 0.2) is 0 Å². The van der Waals surface area contributed by atoms with E-state index in [4.69, 9.17) is 12.7 Å². The maximum absolute atomic E-state index is 9.09. The number of hydrogen-bond donors (Lipinski definition) is 1. The van der Waals surface area contributed by atoms with Crippen LogP contribution in [0.4, 0.5) is 0 Å². The second kappa shape index (κ2) is 6.18. The zero-order valence-corrected chi connectivity index (χ0v) is 11.3. The maximum atomic E-state index is 9.09. The van der Waals surface area contributed by atoms with Gasteiger partial charge in [-0.15, -0.1) is 0 Å². The highest BCUT2D eigenvalue weighted by Gasteiger charge is 2.36. The van der Waals surface area contributed by atoms with Crippen molar-refractivity contribution in [3.05, 3.63) is 60.7 Å². The molecule has 1 nitrogen and oxygen atoms in total. The number of benzene rings is 2. The van der Waals surface area contributed by atoms with E-state index in [1.54, 1.807) is 0 Å². The second-order valence-electron chi connectivity index (χ2n) is 4.34. The summed E-state index contributed by atoms with van der Waals surface area (Å²) in [7, 11) is 4.88. The van der Waals surface area contributed by atoms with E-state index in [0.717, 1.165) is 12.6 Å². The lowest BCUT2D eigenvalue weighted by Gasteiger charge is -2.23. The molecule has 1 N–H and O–H groups in total. The van der Waals surface area contributed by atoms with Gasteiger partial charge in [0.2, 0.25) is 0 Å². The van der Waals surface area contributed by atoms with Gasteiger partial charge >= 0.3 is 7.57 Å². The topological polar surface area (TPSA) is 20.2 Å². The summed E-state index contributed by atoms with van der Waals surface area (Å²) < 4.78 is 0. The van der Waals surface area contributed by atoms with Crippen LogP contribution in [0.2, 0.25) is 0 Å². The Morgan fingerprint density at radius 2 is 1.28 bits per heavy atom. The van der Waals surface area contributed by atoms with Crippen molar-refractivity contribution in [2.24, 2.45) is 0 Å². The van der Waals surface area contributed by atoms with Crippen LogP contribution >= 0.6 is 7.14 Å². The van der Waals surface area contributed by atoms with Crippen molar-refractivity contribution in [1.82, 2.24) is 0 Å². The van der Waals surface area contributed by atoms with Gasteiger partial charge < -0.3 is 5.11 Å². The Labute approximate surface area is 111 Å². The largest absolute Gasteiger partial charge is 0.396 e. The van der Waals surface area contributed by atoms with Crippen LogP contribution in [0, 0.1) is 0 Å². The molecule has 0 bridgehead atoms. The van der Waals surface area contributed by atoms with Crippen LogP contribution in [0.1, 0.15) is 6.42 Å². The lowest BCUT2D eigenvalue weighted by atomic mass is 10.4. The van der Waals surface area contributed by atoms with Crippen molar-refractivity contribution in [2.75, 3.05) is 12.8 Å². The van der Waals surface area contributed by atoms with E-state index in [9.17, 15) is 0 Å². The minimum atomic E-state index is -1.85.